The van der Waals surface area contributed by atoms with Gasteiger partial charge in [0.2, 0.25) is 0 Å². The molecule has 0 radical (unpaired) electrons. The van der Waals surface area contributed by atoms with Crippen LogP contribution in [0.5, 0.6) is 0 Å². The number of benzene rings is 9. The van der Waals surface area contributed by atoms with Crippen molar-refractivity contribution in [3.05, 3.63) is 247 Å². The molecular weight excluding hydrogens is 755 g/mol. The van der Waals surface area contributed by atoms with E-state index < -0.39 is 5.41 Å². The van der Waals surface area contributed by atoms with Crippen molar-refractivity contribution in [1.29, 1.82) is 0 Å². The van der Waals surface area contributed by atoms with E-state index in [1.54, 1.807) is 0 Å². The molecule has 4 nitrogen and oxygen atoms in total. The van der Waals surface area contributed by atoms with Crippen molar-refractivity contribution in [3.63, 3.8) is 0 Å². The van der Waals surface area contributed by atoms with E-state index in [1.807, 2.05) is 24.3 Å². The van der Waals surface area contributed by atoms with Crippen molar-refractivity contribution in [2.24, 2.45) is 0 Å². The van der Waals surface area contributed by atoms with Gasteiger partial charge in [-0.1, -0.05) is 182 Å². The molecule has 290 valence electrons. The van der Waals surface area contributed by atoms with Crippen molar-refractivity contribution < 1.29 is 4.42 Å². The third kappa shape index (κ3) is 5.72. The van der Waals surface area contributed by atoms with Crippen molar-refractivity contribution in [2.45, 2.75) is 5.41 Å². The minimum Gasteiger partial charge on any atom is -0.456 e. The second-order valence-electron chi connectivity index (χ2n) is 15.9. The van der Waals surface area contributed by atoms with Gasteiger partial charge < -0.3 is 4.42 Å². The fourth-order valence-corrected chi connectivity index (χ4v) is 9.65. The number of furan rings is 1. The first-order chi connectivity index (χ1) is 30.7. The Morgan fingerprint density at radius 1 is 0.306 bits per heavy atom. The molecule has 11 aromatic rings. The van der Waals surface area contributed by atoms with E-state index in [1.165, 1.54) is 22.3 Å². The second kappa shape index (κ2) is 14.5. The minimum absolute atomic E-state index is 0.564. The van der Waals surface area contributed by atoms with Crippen LogP contribution in [0.15, 0.2) is 229 Å². The van der Waals surface area contributed by atoms with E-state index in [0.29, 0.717) is 17.5 Å². The number of para-hydroxylation sites is 1. The fourth-order valence-electron chi connectivity index (χ4n) is 9.65. The first-order valence-corrected chi connectivity index (χ1v) is 21.0. The molecule has 1 aliphatic carbocycles. The minimum atomic E-state index is -0.564. The average Bonchev–Trinajstić information content (AvgIpc) is 3.88. The Kier molecular flexibility index (Phi) is 8.36. The smallest absolute Gasteiger partial charge is 0.164 e. The van der Waals surface area contributed by atoms with Gasteiger partial charge >= 0.3 is 0 Å². The highest BCUT2D eigenvalue weighted by molar-refractivity contribution is 6.06. The largest absolute Gasteiger partial charge is 0.456 e. The molecule has 0 amide bonds. The molecule has 0 N–H and O–H groups in total. The summed E-state index contributed by atoms with van der Waals surface area (Å²) < 4.78 is 6.26. The summed E-state index contributed by atoms with van der Waals surface area (Å²) in [6, 6.07) is 79.3. The molecule has 0 fully saturated rings. The quantitative estimate of drug-likeness (QED) is 0.161. The molecule has 0 atom stereocenters. The van der Waals surface area contributed by atoms with Crippen LogP contribution in [-0.4, -0.2) is 15.0 Å². The van der Waals surface area contributed by atoms with Crippen LogP contribution in [0.4, 0.5) is 0 Å². The van der Waals surface area contributed by atoms with Crippen molar-refractivity contribution in [3.8, 4) is 67.5 Å². The summed E-state index contributed by atoms with van der Waals surface area (Å²) in [5.74, 6) is 1.79. The van der Waals surface area contributed by atoms with Gasteiger partial charge in [-0.3, -0.25) is 0 Å². The summed E-state index contributed by atoms with van der Waals surface area (Å²) in [6.45, 7) is 0. The van der Waals surface area contributed by atoms with Gasteiger partial charge in [0.05, 0.1) is 5.41 Å². The van der Waals surface area contributed by atoms with Gasteiger partial charge in [-0.05, 0) is 98.1 Å². The number of nitrogens with zero attached hydrogens (tertiary/aromatic N) is 3. The molecule has 0 saturated carbocycles. The average molecular weight is 792 g/mol. The lowest BCUT2D eigenvalue weighted by Gasteiger charge is -2.33. The van der Waals surface area contributed by atoms with Crippen LogP contribution in [-0.2, 0) is 5.41 Å². The van der Waals surface area contributed by atoms with E-state index in [9.17, 15) is 0 Å². The Balaban J connectivity index is 1.14. The molecule has 0 bridgehead atoms. The maximum Gasteiger partial charge on any atom is 0.164 e. The number of aromatic nitrogens is 3. The van der Waals surface area contributed by atoms with Crippen LogP contribution in [0.1, 0.15) is 22.3 Å². The number of hydrogen-bond acceptors (Lipinski definition) is 4. The second-order valence-corrected chi connectivity index (χ2v) is 15.9. The highest BCUT2D eigenvalue weighted by Crippen LogP contribution is 2.58. The molecule has 1 aliphatic rings. The lowest BCUT2D eigenvalue weighted by Crippen LogP contribution is -2.28. The van der Waals surface area contributed by atoms with Crippen LogP contribution >= 0.6 is 0 Å². The molecule has 2 aromatic heterocycles. The van der Waals surface area contributed by atoms with Gasteiger partial charge in [-0.15, -0.1) is 0 Å². The molecule has 0 spiro atoms. The maximum absolute atomic E-state index is 6.26. The van der Waals surface area contributed by atoms with Crippen LogP contribution in [0.3, 0.4) is 0 Å². The molecule has 12 rings (SSSR count). The molecular formula is C58H37N3O. The van der Waals surface area contributed by atoms with E-state index in [2.05, 4.69) is 200 Å². The maximum atomic E-state index is 6.26. The van der Waals surface area contributed by atoms with Gasteiger partial charge in [0.1, 0.15) is 11.2 Å². The predicted octanol–water partition coefficient (Wildman–Crippen LogP) is 14.5. The zero-order valence-corrected chi connectivity index (χ0v) is 33.6. The van der Waals surface area contributed by atoms with Crippen LogP contribution in [0.25, 0.3) is 89.5 Å². The Hall–Kier alpha value is -8.21. The summed E-state index contributed by atoms with van der Waals surface area (Å²) in [7, 11) is 0. The fraction of sp³-hybridized carbons (Fsp3) is 0.0172. The van der Waals surface area contributed by atoms with Crippen LogP contribution in [0, 0.1) is 0 Å². The van der Waals surface area contributed by atoms with E-state index in [4.69, 9.17) is 19.4 Å². The molecule has 62 heavy (non-hydrogen) atoms. The Labute approximate surface area is 359 Å². The van der Waals surface area contributed by atoms with Gasteiger partial charge in [-0.2, -0.15) is 0 Å². The lowest BCUT2D eigenvalue weighted by atomic mass is 9.67. The summed E-state index contributed by atoms with van der Waals surface area (Å²) in [6.07, 6.45) is 0. The molecule has 0 saturated heterocycles. The van der Waals surface area contributed by atoms with E-state index >= 15 is 0 Å². The number of rotatable bonds is 7. The molecule has 0 aliphatic heterocycles. The molecule has 4 heteroatoms. The number of hydrogen-bond donors (Lipinski definition) is 0. The molecule has 9 aromatic carbocycles. The summed E-state index contributed by atoms with van der Waals surface area (Å²) in [5, 5.41) is 2.07. The lowest BCUT2D eigenvalue weighted by molar-refractivity contribution is 0.669. The standard InChI is InChI=1S/C58H37N3O/c1-5-18-38(19-6-1)41-34-42(39-20-7-2-8-21-39)36-43(35-41)56-59-55(40-32-33-53-49(37-40)46-26-14-16-31-52(46)62-53)60-57(61-56)48-28-17-30-51-54(48)47-27-13-15-29-50(47)58(51,44-22-9-3-10-23-44)45-24-11-4-12-25-45/h1-37H. The van der Waals surface area contributed by atoms with Gasteiger partial charge in [-0.25, -0.2) is 15.0 Å². The van der Waals surface area contributed by atoms with Gasteiger partial charge in [0.15, 0.2) is 17.5 Å². The zero-order valence-electron chi connectivity index (χ0n) is 33.6. The SMILES string of the molecule is c1ccc(-c2cc(-c3ccccc3)cc(-c3nc(-c4ccc5oc6ccccc6c5c4)nc(-c4cccc5c4-c4ccccc4C5(c4ccccc4)c4ccccc4)n3)c2)cc1. The van der Waals surface area contributed by atoms with Crippen molar-refractivity contribution in [1.82, 2.24) is 15.0 Å². The normalized spacial score (nSPS) is 12.6. The number of fused-ring (bicyclic) bond motifs is 6. The highest BCUT2D eigenvalue weighted by Gasteiger charge is 2.47. The first-order valence-electron chi connectivity index (χ1n) is 21.0. The Bertz CT molecular complexity index is 3350. The summed E-state index contributed by atoms with van der Waals surface area (Å²) >= 11 is 0. The van der Waals surface area contributed by atoms with E-state index in [0.717, 1.165) is 72.0 Å². The Morgan fingerprint density at radius 3 is 1.48 bits per heavy atom. The Morgan fingerprint density at radius 2 is 0.806 bits per heavy atom. The van der Waals surface area contributed by atoms with Crippen LogP contribution in [0.2, 0.25) is 0 Å². The first kappa shape index (κ1) is 35.7. The van der Waals surface area contributed by atoms with E-state index in [-0.39, 0.29) is 0 Å². The predicted molar refractivity (Wildman–Crippen MR) is 252 cm³/mol. The highest BCUT2D eigenvalue weighted by atomic mass is 16.3. The zero-order chi connectivity index (χ0) is 41.0. The van der Waals surface area contributed by atoms with Crippen molar-refractivity contribution >= 4 is 21.9 Å². The summed E-state index contributed by atoms with van der Waals surface area (Å²) in [5.41, 5.74) is 15.4. The third-order valence-electron chi connectivity index (χ3n) is 12.4. The topological polar surface area (TPSA) is 51.8 Å². The van der Waals surface area contributed by atoms with Crippen LogP contribution < -0.4 is 0 Å². The monoisotopic (exact) mass is 791 g/mol. The van der Waals surface area contributed by atoms with Gasteiger partial charge in [0.25, 0.3) is 0 Å². The third-order valence-corrected chi connectivity index (χ3v) is 12.4. The molecule has 2 heterocycles. The van der Waals surface area contributed by atoms with Gasteiger partial charge in [0, 0.05) is 27.5 Å². The molecule has 0 unspecified atom stereocenters. The summed E-state index contributed by atoms with van der Waals surface area (Å²) in [4.78, 5) is 16.2. The van der Waals surface area contributed by atoms with Crippen molar-refractivity contribution in [2.75, 3.05) is 0 Å².